The lowest BCUT2D eigenvalue weighted by molar-refractivity contribution is 0.158. The molecule has 0 saturated heterocycles. The minimum Gasteiger partial charge on any atom is -0.398 e. The maximum atomic E-state index is 5.78. The number of halogens is 1. The van der Waals surface area contributed by atoms with Crippen LogP contribution in [0.2, 0.25) is 0 Å². The third-order valence-corrected chi connectivity index (χ3v) is 2.78. The van der Waals surface area contributed by atoms with Gasteiger partial charge in [-0.05, 0) is 47.5 Å². The second-order valence-corrected chi connectivity index (χ2v) is 4.17. The summed E-state index contributed by atoms with van der Waals surface area (Å²) in [4.78, 5) is 0. The van der Waals surface area contributed by atoms with Crippen LogP contribution in [0.1, 0.15) is 12.5 Å². The molecule has 1 aromatic carbocycles. The van der Waals surface area contributed by atoms with Crippen molar-refractivity contribution in [3.63, 3.8) is 0 Å². The van der Waals surface area contributed by atoms with Crippen molar-refractivity contribution in [1.29, 1.82) is 0 Å². The number of nitrogen functional groups attached to an aromatic ring is 1. The molecule has 4 heteroatoms. The van der Waals surface area contributed by atoms with Crippen LogP contribution in [0, 0.1) is 6.92 Å². The average molecular weight is 273 g/mol. The zero-order valence-corrected chi connectivity index (χ0v) is 10.7. The van der Waals surface area contributed by atoms with Crippen LogP contribution in [-0.2, 0) is 4.74 Å². The number of anilines is 2. The largest absolute Gasteiger partial charge is 0.398 e. The van der Waals surface area contributed by atoms with Crippen molar-refractivity contribution in [2.75, 3.05) is 30.8 Å². The van der Waals surface area contributed by atoms with Gasteiger partial charge in [0.15, 0.2) is 0 Å². The fourth-order valence-electron chi connectivity index (χ4n) is 1.23. The summed E-state index contributed by atoms with van der Waals surface area (Å²) in [5.74, 6) is 0. The maximum absolute atomic E-state index is 5.78. The third-order valence-electron chi connectivity index (χ3n) is 2.12. The number of rotatable bonds is 5. The lowest BCUT2D eigenvalue weighted by Crippen LogP contribution is -2.09. The van der Waals surface area contributed by atoms with E-state index in [-0.39, 0.29) is 0 Å². The van der Waals surface area contributed by atoms with Gasteiger partial charge in [0.05, 0.1) is 6.61 Å². The first-order valence-corrected chi connectivity index (χ1v) is 5.81. The minimum atomic E-state index is 0.715. The highest BCUT2D eigenvalue weighted by molar-refractivity contribution is 9.10. The molecule has 0 amide bonds. The first kappa shape index (κ1) is 12.3. The standard InChI is InChI=1S/C11H17BrN2O/c1-3-15-5-4-14-11-6-8(2)10(13)7-9(11)12/h6-7,14H,3-5,13H2,1-2H3. The lowest BCUT2D eigenvalue weighted by Gasteiger charge is -2.11. The molecular weight excluding hydrogens is 256 g/mol. The summed E-state index contributed by atoms with van der Waals surface area (Å²) in [5, 5.41) is 3.29. The van der Waals surface area contributed by atoms with Crippen LogP contribution in [-0.4, -0.2) is 19.8 Å². The Hall–Kier alpha value is -0.740. The van der Waals surface area contributed by atoms with Crippen molar-refractivity contribution >= 4 is 27.3 Å². The Labute approximate surface area is 99.1 Å². The van der Waals surface area contributed by atoms with Crippen LogP contribution < -0.4 is 11.1 Å². The van der Waals surface area contributed by atoms with E-state index in [2.05, 4.69) is 21.2 Å². The predicted molar refractivity (Wildman–Crippen MR) is 68.3 cm³/mol. The zero-order chi connectivity index (χ0) is 11.3. The van der Waals surface area contributed by atoms with Gasteiger partial charge in [-0.3, -0.25) is 0 Å². The summed E-state index contributed by atoms with van der Waals surface area (Å²) in [6, 6.07) is 3.95. The Kier molecular flexibility index (Phi) is 4.91. The Bertz CT molecular complexity index is 329. The van der Waals surface area contributed by atoms with Gasteiger partial charge < -0.3 is 15.8 Å². The number of ether oxygens (including phenoxy) is 1. The molecule has 0 spiro atoms. The normalized spacial score (nSPS) is 10.3. The molecule has 0 aliphatic rings. The van der Waals surface area contributed by atoms with E-state index in [1.165, 1.54) is 0 Å². The van der Waals surface area contributed by atoms with Crippen molar-refractivity contribution in [3.05, 3.63) is 22.2 Å². The monoisotopic (exact) mass is 272 g/mol. The van der Waals surface area contributed by atoms with Gasteiger partial charge in [0, 0.05) is 29.0 Å². The van der Waals surface area contributed by atoms with Crippen LogP contribution >= 0.6 is 15.9 Å². The van der Waals surface area contributed by atoms with E-state index in [0.717, 1.165) is 34.6 Å². The molecule has 1 aromatic rings. The van der Waals surface area contributed by atoms with Crippen LogP contribution in [0.15, 0.2) is 16.6 Å². The van der Waals surface area contributed by atoms with Gasteiger partial charge in [0.25, 0.3) is 0 Å². The fourth-order valence-corrected chi connectivity index (χ4v) is 1.74. The fraction of sp³-hybridized carbons (Fsp3) is 0.455. The molecule has 3 nitrogen and oxygen atoms in total. The summed E-state index contributed by atoms with van der Waals surface area (Å²) >= 11 is 3.47. The molecule has 0 fully saturated rings. The molecule has 0 atom stereocenters. The molecule has 15 heavy (non-hydrogen) atoms. The van der Waals surface area contributed by atoms with Gasteiger partial charge in [0.2, 0.25) is 0 Å². The van der Waals surface area contributed by atoms with E-state index in [1.54, 1.807) is 0 Å². The summed E-state index contributed by atoms with van der Waals surface area (Å²) in [6.45, 7) is 6.25. The van der Waals surface area contributed by atoms with E-state index < -0.39 is 0 Å². The molecule has 0 aliphatic heterocycles. The average Bonchev–Trinajstić information content (AvgIpc) is 2.20. The lowest BCUT2D eigenvalue weighted by atomic mass is 10.2. The molecule has 3 N–H and O–H groups in total. The number of hydrogen-bond acceptors (Lipinski definition) is 3. The Balaban J connectivity index is 2.57. The summed E-state index contributed by atoms with van der Waals surface area (Å²) < 4.78 is 6.23. The summed E-state index contributed by atoms with van der Waals surface area (Å²) in [6.07, 6.45) is 0. The van der Waals surface area contributed by atoms with Gasteiger partial charge in [-0.2, -0.15) is 0 Å². The van der Waals surface area contributed by atoms with Gasteiger partial charge in [-0.25, -0.2) is 0 Å². The van der Waals surface area contributed by atoms with E-state index in [9.17, 15) is 0 Å². The zero-order valence-electron chi connectivity index (χ0n) is 9.14. The highest BCUT2D eigenvalue weighted by atomic mass is 79.9. The number of nitrogens with one attached hydrogen (secondary N) is 1. The van der Waals surface area contributed by atoms with Gasteiger partial charge in [-0.1, -0.05) is 0 Å². The molecule has 1 rings (SSSR count). The molecule has 84 valence electrons. The van der Waals surface area contributed by atoms with Gasteiger partial charge in [-0.15, -0.1) is 0 Å². The van der Waals surface area contributed by atoms with Crippen molar-refractivity contribution in [2.45, 2.75) is 13.8 Å². The predicted octanol–water partition coefficient (Wildman–Crippen LogP) is 2.79. The van der Waals surface area contributed by atoms with Crippen molar-refractivity contribution in [3.8, 4) is 0 Å². The topological polar surface area (TPSA) is 47.3 Å². The molecule has 0 saturated carbocycles. The molecule has 0 heterocycles. The third kappa shape index (κ3) is 3.72. The number of aryl methyl sites for hydroxylation is 1. The second kappa shape index (κ2) is 5.98. The molecule has 0 radical (unpaired) electrons. The van der Waals surface area contributed by atoms with Crippen LogP contribution in [0.3, 0.4) is 0 Å². The van der Waals surface area contributed by atoms with E-state index in [0.29, 0.717) is 6.61 Å². The van der Waals surface area contributed by atoms with E-state index in [4.69, 9.17) is 10.5 Å². The maximum Gasteiger partial charge on any atom is 0.0638 e. The highest BCUT2D eigenvalue weighted by Gasteiger charge is 2.02. The van der Waals surface area contributed by atoms with Gasteiger partial charge in [0.1, 0.15) is 0 Å². The number of hydrogen-bond donors (Lipinski definition) is 2. The second-order valence-electron chi connectivity index (χ2n) is 3.31. The smallest absolute Gasteiger partial charge is 0.0638 e. The number of nitrogens with two attached hydrogens (primary N) is 1. The molecular formula is C11H17BrN2O. The van der Waals surface area contributed by atoms with E-state index in [1.807, 2.05) is 26.0 Å². The van der Waals surface area contributed by atoms with Crippen LogP contribution in [0.5, 0.6) is 0 Å². The number of benzene rings is 1. The van der Waals surface area contributed by atoms with E-state index >= 15 is 0 Å². The molecule has 0 bridgehead atoms. The summed E-state index contributed by atoms with van der Waals surface area (Å²) in [7, 11) is 0. The minimum absolute atomic E-state index is 0.715. The Morgan fingerprint density at radius 3 is 2.87 bits per heavy atom. The van der Waals surface area contributed by atoms with Gasteiger partial charge >= 0.3 is 0 Å². The first-order chi connectivity index (χ1) is 7.15. The Morgan fingerprint density at radius 1 is 1.47 bits per heavy atom. The SMILES string of the molecule is CCOCCNc1cc(C)c(N)cc1Br. The highest BCUT2D eigenvalue weighted by Crippen LogP contribution is 2.27. The summed E-state index contributed by atoms with van der Waals surface area (Å²) in [5.41, 5.74) is 8.72. The van der Waals surface area contributed by atoms with Crippen LogP contribution in [0.25, 0.3) is 0 Å². The quantitative estimate of drug-likeness (QED) is 0.640. The van der Waals surface area contributed by atoms with Crippen molar-refractivity contribution in [2.24, 2.45) is 0 Å². The molecule has 0 aliphatic carbocycles. The van der Waals surface area contributed by atoms with Crippen LogP contribution in [0.4, 0.5) is 11.4 Å². The first-order valence-electron chi connectivity index (χ1n) is 5.02. The Morgan fingerprint density at radius 2 is 2.20 bits per heavy atom. The molecule has 0 aromatic heterocycles. The van der Waals surface area contributed by atoms with Crippen molar-refractivity contribution < 1.29 is 4.74 Å². The molecule has 0 unspecified atom stereocenters. The van der Waals surface area contributed by atoms with Crippen molar-refractivity contribution in [1.82, 2.24) is 0 Å².